The first-order valence-electron chi connectivity index (χ1n) is 14.6. The van der Waals surface area contributed by atoms with Crippen LogP contribution in [0.2, 0.25) is 0 Å². The molecular formula is C30H40N8O4. The molecule has 224 valence electrons. The van der Waals surface area contributed by atoms with E-state index in [-0.39, 0.29) is 12.1 Å². The van der Waals surface area contributed by atoms with E-state index in [1.54, 1.807) is 9.58 Å². The minimum atomic E-state index is -0.570. The van der Waals surface area contributed by atoms with Gasteiger partial charge in [0.15, 0.2) is 5.82 Å². The van der Waals surface area contributed by atoms with Crippen LogP contribution in [0.25, 0.3) is 11.1 Å². The zero-order valence-corrected chi connectivity index (χ0v) is 25.1. The van der Waals surface area contributed by atoms with Crippen molar-refractivity contribution < 1.29 is 19.5 Å². The van der Waals surface area contributed by atoms with Gasteiger partial charge in [-0.15, -0.1) is 0 Å². The minimum Gasteiger partial charge on any atom is -0.444 e. The van der Waals surface area contributed by atoms with Crippen LogP contribution in [-0.4, -0.2) is 87.5 Å². The summed E-state index contributed by atoms with van der Waals surface area (Å²) >= 11 is 0. The molecule has 0 bridgehead atoms. The van der Waals surface area contributed by atoms with E-state index in [1.165, 1.54) is 11.9 Å². The molecule has 3 aliphatic heterocycles. The Hall–Kier alpha value is -4.06. The molecule has 0 aliphatic carbocycles. The number of nitrogens with zero attached hydrogens (tertiary/aromatic N) is 8. The van der Waals surface area contributed by atoms with Gasteiger partial charge in [-0.3, -0.25) is 9.36 Å². The fraction of sp³-hybridized carbons (Fsp3) is 0.533. The van der Waals surface area contributed by atoms with Crippen LogP contribution in [0.1, 0.15) is 56.5 Å². The van der Waals surface area contributed by atoms with E-state index >= 15 is 0 Å². The molecule has 3 aliphatic rings. The van der Waals surface area contributed by atoms with Crippen molar-refractivity contribution in [2.24, 2.45) is 12.2 Å². The molecule has 1 fully saturated rings. The quantitative estimate of drug-likeness (QED) is 0.278. The van der Waals surface area contributed by atoms with Crippen molar-refractivity contribution in [3.63, 3.8) is 0 Å². The summed E-state index contributed by atoms with van der Waals surface area (Å²) in [5, 5.41) is 22.6. The molecule has 0 atom stereocenters. The number of amides is 1. The lowest BCUT2D eigenvalue weighted by molar-refractivity contribution is 0.0221. The molecule has 3 aromatic rings. The number of anilines is 3. The number of carbonyl (C=O) groups excluding carboxylic acids is 1. The molecule has 1 amide bonds. The monoisotopic (exact) mass is 576 g/mol. The molecule has 1 saturated heterocycles. The lowest BCUT2D eigenvalue weighted by Gasteiger charge is -2.37. The second kappa shape index (κ2) is 11.0. The standard InChI is InChI=1S/C30H40N8O4/c1-30(2,3)42-29(39)36-9-6-25-24(19-36)28(33-38(25)22-7-12-41-13-8-22)37-11-10-34(4)26-15-23(21-16-31-35(5)18-21)20(17-32-40)14-27(26)37/h14-18,22,40H,6-13,19H2,1-5H3/b32-17-. The molecule has 1 N–H and O–H groups in total. The van der Waals surface area contributed by atoms with Gasteiger partial charge in [-0.1, -0.05) is 5.16 Å². The Bertz CT molecular complexity index is 1500. The highest BCUT2D eigenvalue weighted by atomic mass is 16.6. The van der Waals surface area contributed by atoms with Gasteiger partial charge in [-0.05, 0) is 51.3 Å². The van der Waals surface area contributed by atoms with E-state index in [2.05, 4.69) is 43.9 Å². The number of ether oxygens (including phenoxy) is 2. The first-order valence-corrected chi connectivity index (χ1v) is 14.6. The van der Waals surface area contributed by atoms with Gasteiger partial charge in [0.05, 0.1) is 36.4 Å². The lowest BCUT2D eigenvalue weighted by Crippen LogP contribution is -2.41. The maximum atomic E-state index is 13.1. The van der Waals surface area contributed by atoms with Crippen LogP contribution in [0.15, 0.2) is 29.7 Å². The van der Waals surface area contributed by atoms with Gasteiger partial charge in [0.25, 0.3) is 0 Å². The number of likely N-dealkylation sites (N-methyl/N-ethyl adjacent to an activating group) is 1. The van der Waals surface area contributed by atoms with E-state index in [0.29, 0.717) is 19.5 Å². The molecule has 12 nitrogen and oxygen atoms in total. The number of hydrogen-bond donors (Lipinski definition) is 1. The van der Waals surface area contributed by atoms with Crippen molar-refractivity contribution in [2.75, 3.05) is 49.7 Å². The average molecular weight is 577 g/mol. The van der Waals surface area contributed by atoms with Crippen molar-refractivity contribution in [3.05, 3.63) is 41.3 Å². The second-order valence-corrected chi connectivity index (χ2v) is 12.3. The fourth-order valence-corrected chi connectivity index (χ4v) is 6.16. The summed E-state index contributed by atoms with van der Waals surface area (Å²) in [5.41, 5.74) is 6.33. The summed E-state index contributed by atoms with van der Waals surface area (Å²) in [5.74, 6) is 0.861. The highest BCUT2D eigenvalue weighted by Crippen LogP contribution is 2.44. The van der Waals surface area contributed by atoms with E-state index in [9.17, 15) is 10.0 Å². The third-order valence-corrected chi connectivity index (χ3v) is 8.23. The van der Waals surface area contributed by atoms with Crippen molar-refractivity contribution in [3.8, 4) is 11.1 Å². The minimum absolute atomic E-state index is 0.256. The Morgan fingerprint density at radius 3 is 2.62 bits per heavy atom. The van der Waals surface area contributed by atoms with Gasteiger partial charge in [-0.25, -0.2) is 4.79 Å². The van der Waals surface area contributed by atoms with Crippen LogP contribution in [0.5, 0.6) is 0 Å². The summed E-state index contributed by atoms with van der Waals surface area (Å²) in [6, 6.07) is 4.44. The number of fused-ring (bicyclic) bond motifs is 2. The molecule has 0 unspecified atom stereocenters. The SMILES string of the molecule is CN1CCN(c2nn(C3CCOCC3)c3c2CN(C(=O)OC(C)(C)C)CC3)c2cc(/C=N\O)c(-c3cnn(C)c3)cc21. The van der Waals surface area contributed by atoms with E-state index in [1.807, 2.05) is 40.2 Å². The van der Waals surface area contributed by atoms with E-state index in [0.717, 1.165) is 78.6 Å². The Morgan fingerprint density at radius 1 is 1.14 bits per heavy atom. The topological polar surface area (TPSA) is 113 Å². The smallest absolute Gasteiger partial charge is 0.410 e. The predicted octanol–water partition coefficient (Wildman–Crippen LogP) is 4.32. The molecule has 0 radical (unpaired) electrons. The number of benzene rings is 1. The number of hydrogen-bond acceptors (Lipinski definition) is 9. The van der Waals surface area contributed by atoms with Crippen LogP contribution < -0.4 is 9.80 Å². The van der Waals surface area contributed by atoms with Gasteiger partial charge >= 0.3 is 6.09 Å². The molecular weight excluding hydrogens is 536 g/mol. The predicted molar refractivity (Wildman–Crippen MR) is 160 cm³/mol. The highest BCUT2D eigenvalue weighted by molar-refractivity contribution is 5.96. The van der Waals surface area contributed by atoms with Crippen molar-refractivity contribution >= 4 is 29.5 Å². The molecule has 42 heavy (non-hydrogen) atoms. The summed E-state index contributed by atoms with van der Waals surface area (Å²) in [7, 11) is 3.97. The van der Waals surface area contributed by atoms with Crippen LogP contribution in [0, 0.1) is 0 Å². The Morgan fingerprint density at radius 2 is 1.93 bits per heavy atom. The van der Waals surface area contributed by atoms with Crippen LogP contribution in [-0.2, 0) is 29.5 Å². The third kappa shape index (κ3) is 5.31. The van der Waals surface area contributed by atoms with Crippen molar-refractivity contribution in [1.82, 2.24) is 24.5 Å². The lowest BCUT2D eigenvalue weighted by atomic mass is 9.98. The first-order chi connectivity index (χ1) is 20.1. The molecule has 12 heteroatoms. The number of oxime groups is 1. The molecule has 0 saturated carbocycles. The van der Waals surface area contributed by atoms with Gasteiger partial charge < -0.3 is 29.4 Å². The average Bonchev–Trinajstić information content (AvgIpc) is 3.56. The maximum Gasteiger partial charge on any atom is 0.410 e. The van der Waals surface area contributed by atoms with Gasteiger partial charge in [0.1, 0.15) is 5.60 Å². The Kier molecular flexibility index (Phi) is 7.34. The maximum absolute atomic E-state index is 13.1. The summed E-state index contributed by atoms with van der Waals surface area (Å²) in [6.45, 7) is 9.64. The van der Waals surface area contributed by atoms with E-state index < -0.39 is 5.60 Å². The van der Waals surface area contributed by atoms with Crippen LogP contribution >= 0.6 is 0 Å². The fourth-order valence-electron chi connectivity index (χ4n) is 6.16. The van der Waals surface area contributed by atoms with E-state index in [4.69, 9.17) is 14.6 Å². The number of rotatable bonds is 4. The van der Waals surface area contributed by atoms with Crippen LogP contribution in [0.4, 0.5) is 22.0 Å². The highest BCUT2D eigenvalue weighted by Gasteiger charge is 2.36. The zero-order chi connectivity index (χ0) is 29.6. The van der Waals surface area contributed by atoms with Crippen molar-refractivity contribution in [2.45, 2.75) is 58.2 Å². The van der Waals surface area contributed by atoms with Gasteiger partial charge in [0, 0.05) is 81.9 Å². The molecule has 0 spiro atoms. The normalized spacial score (nSPS) is 18.0. The first kappa shape index (κ1) is 28.1. The van der Waals surface area contributed by atoms with Gasteiger partial charge in [-0.2, -0.15) is 10.2 Å². The number of aryl methyl sites for hydroxylation is 1. The second-order valence-electron chi connectivity index (χ2n) is 12.3. The molecule has 2 aromatic heterocycles. The number of aromatic nitrogens is 4. The summed E-state index contributed by atoms with van der Waals surface area (Å²) < 4.78 is 15.4. The summed E-state index contributed by atoms with van der Waals surface area (Å²) in [6.07, 6.45) is 7.46. The molecule has 5 heterocycles. The van der Waals surface area contributed by atoms with Gasteiger partial charge in [0.2, 0.25) is 0 Å². The largest absolute Gasteiger partial charge is 0.444 e. The molecule has 6 rings (SSSR count). The molecule has 1 aromatic carbocycles. The van der Waals surface area contributed by atoms with Crippen LogP contribution in [0.3, 0.4) is 0 Å². The van der Waals surface area contributed by atoms with Crippen molar-refractivity contribution in [1.29, 1.82) is 0 Å². The Labute approximate surface area is 246 Å². The number of carbonyl (C=O) groups is 1. The zero-order valence-electron chi connectivity index (χ0n) is 25.1. The summed E-state index contributed by atoms with van der Waals surface area (Å²) in [4.78, 5) is 19.4. The third-order valence-electron chi connectivity index (χ3n) is 8.23. The Balaban J connectivity index is 1.45.